The summed E-state index contributed by atoms with van der Waals surface area (Å²) in [5.41, 5.74) is 1.20. The summed E-state index contributed by atoms with van der Waals surface area (Å²) in [6.45, 7) is 4.60. The summed E-state index contributed by atoms with van der Waals surface area (Å²) in [7, 11) is 0. The zero-order valence-electron chi connectivity index (χ0n) is 12.2. The number of carbonyl (C=O) groups excluding carboxylic acids is 1. The van der Waals surface area contributed by atoms with E-state index in [1.165, 1.54) is 0 Å². The maximum atomic E-state index is 12.8. The van der Waals surface area contributed by atoms with E-state index < -0.39 is 0 Å². The molecule has 2 aromatic rings. The normalized spacial score (nSPS) is 19.1. The zero-order valence-corrected chi connectivity index (χ0v) is 12.2. The molecule has 1 aliphatic carbocycles. The van der Waals surface area contributed by atoms with Crippen molar-refractivity contribution in [3.8, 4) is 0 Å². The minimum absolute atomic E-state index is 0.177. The monoisotopic (exact) mass is 267 g/mol. The maximum Gasteiger partial charge on any atom is 0.168 e. The number of fused-ring (bicyclic) bond motifs is 1. The quantitative estimate of drug-likeness (QED) is 0.742. The number of Topliss-reactive ketones (excluding diaryl/α,β-unsaturated/α-hetero) is 1. The van der Waals surface area contributed by atoms with E-state index in [9.17, 15) is 4.79 Å². The number of aromatic nitrogens is 1. The third kappa shape index (κ3) is 2.47. The molecule has 0 amide bonds. The minimum atomic E-state index is 0.177. The molecule has 0 bridgehead atoms. The van der Waals surface area contributed by atoms with Crippen LogP contribution in [0.2, 0.25) is 0 Å². The lowest BCUT2D eigenvalue weighted by molar-refractivity contribution is 0.0839. The van der Waals surface area contributed by atoms with Gasteiger partial charge in [0.15, 0.2) is 5.78 Å². The van der Waals surface area contributed by atoms with Crippen molar-refractivity contribution in [2.75, 3.05) is 0 Å². The van der Waals surface area contributed by atoms with Crippen LogP contribution in [0, 0.1) is 11.3 Å². The van der Waals surface area contributed by atoms with Crippen molar-refractivity contribution in [1.29, 1.82) is 0 Å². The van der Waals surface area contributed by atoms with E-state index in [-0.39, 0.29) is 11.7 Å². The molecule has 0 atom stereocenters. The molecule has 0 spiro atoms. The predicted molar refractivity (Wildman–Crippen MR) is 81.8 cm³/mol. The molecule has 3 rings (SSSR count). The summed E-state index contributed by atoms with van der Waals surface area (Å²) in [5.74, 6) is 0.459. The third-order valence-corrected chi connectivity index (χ3v) is 4.64. The van der Waals surface area contributed by atoms with Crippen molar-refractivity contribution in [3.63, 3.8) is 0 Å². The Morgan fingerprint density at radius 1 is 1.15 bits per heavy atom. The van der Waals surface area contributed by atoms with Crippen LogP contribution in [-0.4, -0.2) is 10.8 Å². The number of carbonyl (C=O) groups is 1. The summed E-state index contributed by atoms with van der Waals surface area (Å²) in [6, 6.07) is 8.02. The van der Waals surface area contributed by atoms with Gasteiger partial charge in [0.2, 0.25) is 0 Å². The van der Waals surface area contributed by atoms with E-state index in [1.807, 2.05) is 30.5 Å². The molecule has 1 aromatic heterocycles. The van der Waals surface area contributed by atoms with Crippen LogP contribution in [0.15, 0.2) is 36.7 Å². The largest absolute Gasteiger partial charge is 0.294 e. The molecule has 1 heterocycles. The van der Waals surface area contributed by atoms with Crippen molar-refractivity contribution in [2.45, 2.75) is 39.5 Å². The number of hydrogen-bond donors (Lipinski definition) is 0. The molecule has 1 aromatic carbocycles. The first-order chi connectivity index (χ1) is 9.57. The fourth-order valence-corrected chi connectivity index (χ4v) is 3.19. The van der Waals surface area contributed by atoms with E-state index in [4.69, 9.17) is 0 Å². The molecule has 1 fully saturated rings. The van der Waals surface area contributed by atoms with Gasteiger partial charge in [0.25, 0.3) is 0 Å². The molecule has 1 aliphatic rings. The fraction of sp³-hybridized carbons (Fsp3) is 0.444. The maximum absolute atomic E-state index is 12.8. The van der Waals surface area contributed by atoms with Crippen LogP contribution < -0.4 is 0 Å². The summed E-state index contributed by atoms with van der Waals surface area (Å²) in [4.78, 5) is 17.0. The van der Waals surface area contributed by atoms with Crippen molar-refractivity contribution in [3.05, 3.63) is 42.2 Å². The number of pyridine rings is 1. The molecular weight excluding hydrogens is 246 g/mol. The number of benzene rings is 1. The van der Waals surface area contributed by atoms with Gasteiger partial charge in [-0.15, -0.1) is 0 Å². The summed E-state index contributed by atoms with van der Waals surface area (Å²) in [5, 5.41) is 2.09. The van der Waals surface area contributed by atoms with E-state index >= 15 is 0 Å². The number of ketones is 1. The highest BCUT2D eigenvalue weighted by atomic mass is 16.1. The SMILES string of the molecule is CC1(C)CCC(C(=O)c2cncc3ccccc23)CC1. The van der Waals surface area contributed by atoms with Crippen LogP contribution >= 0.6 is 0 Å². The Labute approximate surface area is 120 Å². The summed E-state index contributed by atoms with van der Waals surface area (Å²) < 4.78 is 0. The minimum Gasteiger partial charge on any atom is -0.294 e. The molecule has 0 unspecified atom stereocenters. The van der Waals surface area contributed by atoms with E-state index in [0.29, 0.717) is 5.41 Å². The standard InChI is InChI=1S/C18H21NO/c1-18(2)9-7-13(8-10-18)17(20)16-12-19-11-14-5-3-4-6-15(14)16/h3-6,11-13H,7-10H2,1-2H3. The zero-order chi connectivity index (χ0) is 14.2. The topological polar surface area (TPSA) is 30.0 Å². The lowest BCUT2D eigenvalue weighted by Crippen LogP contribution is -2.26. The van der Waals surface area contributed by atoms with Gasteiger partial charge in [0.1, 0.15) is 0 Å². The first kappa shape index (κ1) is 13.3. The second-order valence-electron chi connectivity index (χ2n) is 6.71. The molecule has 0 radical (unpaired) electrons. The van der Waals surface area contributed by atoms with Gasteiger partial charge in [-0.1, -0.05) is 38.1 Å². The number of rotatable bonds is 2. The third-order valence-electron chi connectivity index (χ3n) is 4.64. The molecule has 1 saturated carbocycles. The first-order valence-corrected chi connectivity index (χ1v) is 7.44. The predicted octanol–water partition coefficient (Wildman–Crippen LogP) is 4.63. The van der Waals surface area contributed by atoms with Crippen LogP contribution in [0.25, 0.3) is 10.8 Å². The highest BCUT2D eigenvalue weighted by Crippen LogP contribution is 2.39. The second kappa shape index (κ2) is 5.01. The molecule has 2 nitrogen and oxygen atoms in total. The van der Waals surface area contributed by atoms with Gasteiger partial charge in [-0.25, -0.2) is 0 Å². The molecule has 20 heavy (non-hydrogen) atoms. The average Bonchev–Trinajstić information content (AvgIpc) is 2.46. The van der Waals surface area contributed by atoms with Crippen molar-refractivity contribution >= 4 is 16.6 Å². The molecule has 2 heteroatoms. The van der Waals surface area contributed by atoms with Crippen LogP contribution in [-0.2, 0) is 0 Å². The average molecular weight is 267 g/mol. The van der Waals surface area contributed by atoms with Crippen LogP contribution in [0.1, 0.15) is 49.9 Å². The lowest BCUT2D eigenvalue weighted by Gasteiger charge is -2.33. The molecule has 0 aliphatic heterocycles. The van der Waals surface area contributed by atoms with Crippen LogP contribution in [0.5, 0.6) is 0 Å². The van der Waals surface area contributed by atoms with E-state index in [1.54, 1.807) is 6.20 Å². The molecule has 0 N–H and O–H groups in total. The smallest absolute Gasteiger partial charge is 0.168 e. The van der Waals surface area contributed by atoms with Crippen molar-refractivity contribution < 1.29 is 4.79 Å². The highest BCUT2D eigenvalue weighted by molar-refractivity contribution is 6.08. The highest BCUT2D eigenvalue weighted by Gasteiger charge is 2.31. The Hall–Kier alpha value is -1.70. The van der Waals surface area contributed by atoms with Gasteiger partial charge in [-0.2, -0.15) is 0 Å². The first-order valence-electron chi connectivity index (χ1n) is 7.44. The Bertz CT molecular complexity index is 629. The lowest BCUT2D eigenvalue weighted by atomic mass is 9.71. The molecular formula is C18H21NO. The summed E-state index contributed by atoms with van der Waals surface area (Å²) in [6.07, 6.45) is 7.87. The van der Waals surface area contributed by atoms with Crippen molar-refractivity contribution in [2.24, 2.45) is 11.3 Å². The number of hydrogen-bond acceptors (Lipinski definition) is 2. The molecule has 0 saturated heterocycles. The van der Waals surface area contributed by atoms with Gasteiger partial charge in [0.05, 0.1) is 0 Å². The van der Waals surface area contributed by atoms with E-state index in [2.05, 4.69) is 18.8 Å². The fourth-order valence-electron chi connectivity index (χ4n) is 3.19. The van der Waals surface area contributed by atoms with Gasteiger partial charge in [-0.3, -0.25) is 9.78 Å². The second-order valence-corrected chi connectivity index (χ2v) is 6.71. The van der Waals surface area contributed by atoms with Crippen molar-refractivity contribution in [1.82, 2.24) is 4.98 Å². The van der Waals surface area contributed by atoms with Gasteiger partial charge in [-0.05, 0) is 36.5 Å². The Balaban J connectivity index is 1.90. The van der Waals surface area contributed by atoms with Crippen LogP contribution in [0.3, 0.4) is 0 Å². The summed E-state index contributed by atoms with van der Waals surface area (Å²) >= 11 is 0. The van der Waals surface area contributed by atoms with Gasteiger partial charge in [0, 0.05) is 29.3 Å². The van der Waals surface area contributed by atoms with Crippen LogP contribution in [0.4, 0.5) is 0 Å². The Morgan fingerprint density at radius 3 is 2.60 bits per heavy atom. The van der Waals surface area contributed by atoms with Gasteiger partial charge < -0.3 is 0 Å². The Kier molecular flexibility index (Phi) is 3.33. The molecule has 104 valence electrons. The van der Waals surface area contributed by atoms with Gasteiger partial charge >= 0.3 is 0 Å². The Morgan fingerprint density at radius 2 is 1.85 bits per heavy atom. The van der Waals surface area contributed by atoms with E-state index in [0.717, 1.165) is 42.0 Å². The number of nitrogens with zero attached hydrogens (tertiary/aromatic N) is 1.